The molecule has 0 saturated carbocycles. The minimum atomic E-state index is -0.153. The highest BCUT2D eigenvalue weighted by molar-refractivity contribution is 6.98. The van der Waals surface area contributed by atoms with Gasteiger partial charge in [-0.25, -0.2) is 0 Å². The number of aryl methyl sites for hydroxylation is 6. The molecule has 0 saturated heterocycles. The van der Waals surface area contributed by atoms with Crippen LogP contribution in [0.5, 0.6) is 11.5 Å². The van der Waals surface area contributed by atoms with E-state index in [-0.39, 0.29) is 12.1 Å². The van der Waals surface area contributed by atoms with Gasteiger partial charge in [0.25, 0.3) is 0 Å². The lowest BCUT2D eigenvalue weighted by molar-refractivity contribution is 0.487. The number of fused-ring (bicyclic) bond motifs is 9. The van der Waals surface area contributed by atoms with E-state index >= 15 is 0 Å². The van der Waals surface area contributed by atoms with Gasteiger partial charge in [0.2, 0.25) is 6.71 Å². The van der Waals surface area contributed by atoms with Crippen LogP contribution < -0.4 is 26.0 Å². The van der Waals surface area contributed by atoms with Crippen molar-refractivity contribution >= 4 is 72.5 Å². The first-order valence-corrected chi connectivity index (χ1v) is 25.5. The molecule has 346 valence electrons. The molecule has 11 aromatic carbocycles. The summed E-state index contributed by atoms with van der Waals surface area (Å²) in [5.41, 5.74) is 25.1. The lowest BCUT2D eigenvalue weighted by Crippen LogP contribution is -2.56. The van der Waals surface area contributed by atoms with Crippen LogP contribution in [0.15, 0.2) is 194 Å². The minimum absolute atomic E-state index is 0.0312. The zero-order valence-electron chi connectivity index (χ0n) is 42.4. The first-order chi connectivity index (χ1) is 34.9. The summed E-state index contributed by atoms with van der Waals surface area (Å²) in [5.74, 6) is 1.73. The Morgan fingerprint density at radius 2 is 0.944 bits per heavy atom. The highest BCUT2D eigenvalue weighted by atomic mass is 16.5. The summed E-state index contributed by atoms with van der Waals surface area (Å²) in [4.78, 5) is 2.43. The van der Waals surface area contributed by atoms with Crippen LogP contribution in [-0.2, 0) is 5.41 Å². The Morgan fingerprint density at radius 3 is 1.65 bits per heavy atom. The second kappa shape index (κ2) is 16.5. The van der Waals surface area contributed by atoms with Crippen LogP contribution in [0.1, 0.15) is 58.4 Å². The summed E-state index contributed by atoms with van der Waals surface area (Å²) in [7, 11) is 0. The molecule has 1 heterocycles. The number of para-hydroxylation sites is 1. The summed E-state index contributed by atoms with van der Waals surface area (Å²) in [6.45, 7) is 18.4. The Hall–Kier alpha value is -8.14. The van der Waals surface area contributed by atoms with Gasteiger partial charge in [0.05, 0.1) is 5.69 Å². The quantitative estimate of drug-likeness (QED) is 0.117. The van der Waals surface area contributed by atoms with Crippen LogP contribution in [0.2, 0.25) is 0 Å². The van der Waals surface area contributed by atoms with Crippen molar-refractivity contribution < 1.29 is 4.74 Å². The van der Waals surface area contributed by atoms with Crippen LogP contribution in [0.4, 0.5) is 17.1 Å². The van der Waals surface area contributed by atoms with E-state index in [9.17, 15) is 0 Å². The summed E-state index contributed by atoms with van der Waals surface area (Å²) in [6, 6.07) is 72.6. The largest absolute Gasteiger partial charge is 0.456 e. The standard InChI is InChI=1S/C69H56BNO/c1-41-33-43(3)67(44(4)34-41)70(68-45(5)35-42(2)36-46(68)6)62-40-58-56-25-18-28-64-66(56)59(39-57(58)51-22-12-13-24-54(51)62)55-32-30-49(38-65(55)72-64)71(63-27-17-15-21-50(63)47-19-10-9-11-20-47)48-29-31-53-52-23-14-16-26-60(52)69(7,8)61(53)37-48/h9-40H,1-8H3. The van der Waals surface area contributed by atoms with E-state index in [1.807, 2.05) is 0 Å². The fourth-order valence-corrected chi connectivity index (χ4v) is 13.2. The van der Waals surface area contributed by atoms with Gasteiger partial charge in [-0.15, -0.1) is 0 Å². The van der Waals surface area contributed by atoms with Crippen molar-refractivity contribution in [3.8, 4) is 44.9 Å². The zero-order valence-corrected chi connectivity index (χ0v) is 42.4. The molecule has 0 atom stereocenters. The third-order valence-electron chi connectivity index (χ3n) is 16.1. The van der Waals surface area contributed by atoms with E-state index < -0.39 is 0 Å². The number of rotatable bonds is 7. The van der Waals surface area contributed by atoms with E-state index in [1.54, 1.807) is 0 Å². The smallest absolute Gasteiger partial charge is 0.243 e. The van der Waals surface area contributed by atoms with Gasteiger partial charge in [0, 0.05) is 39.4 Å². The monoisotopic (exact) mass is 925 g/mol. The van der Waals surface area contributed by atoms with Gasteiger partial charge in [-0.05, 0) is 144 Å². The van der Waals surface area contributed by atoms with Crippen LogP contribution in [0.3, 0.4) is 0 Å². The minimum Gasteiger partial charge on any atom is -0.456 e. The fraction of sp³-hybridized carbons (Fsp3) is 0.130. The van der Waals surface area contributed by atoms with Gasteiger partial charge in [-0.1, -0.05) is 209 Å². The number of hydrogen-bond acceptors (Lipinski definition) is 2. The SMILES string of the molecule is Cc1cc(C)c(B(c2c(C)cc(C)cc2C)c2cc3c4cccc5c4c(cc3c3ccccc23)-c2ccc(N(c3ccc4c(c3)C(C)(C)c3ccccc3-4)c3ccccc3-c3ccccc3)cc2O5)c(C)c1. The van der Waals surface area contributed by atoms with E-state index in [0.29, 0.717) is 0 Å². The summed E-state index contributed by atoms with van der Waals surface area (Å²) in [6.07, 6.45) is 0. The van der Waals surface area contributed by atoms with Gasteiger partial charge in [-0.3, -0.25) is 0 Å². The van der Waals surface area contributed by atoms with Crippen LogP contribution in [0.25, 0.3) is 65.7 Å². The Balaban J connectivity index is 1.02. The molecule has 3 heteroatoms. The Morgan fingerprint density at radius 1 is 0.389 bits per heavy atom. The van der Waals surface area contributed by atoms with Crippen molar-refractivity contribution in [1.82, 2.24) is 0 Å². The fourth-order valence-electron chi connectivity index (χ4n) is 13.2. The molecule has 0 spiro atoms. The topological polar surface area (TPSA) is 12.5 Å². The highest BCUT2D eigenvalue weighted by Crippen LogP contribution is 2.54. The van der Waals surface area contributed by atoms with Crippen LogP contribution >= 0.6 is 0 Å². The Kier molecular flexibility index (Phi) is 10.0. The Bertz CT molecular complexity index is 3970. The maximum absolute atomic E-state index is 7.19. The molecule has 2 nitrogen and oxygen atoms in total. The third-order valence-corrected chi connectivity index (χ3v) is 16.1. The van der Waals surface area contributed by atoms with Crippen molar-refractivity contribution in [2.75, 3.05) is 4.90 Å². The molecule has 11 aromatic rings. The summed E-state index contributed by atoms with van der Waals surface area (Å²) in [5, 5.41) is 7.40. The molecule has 0 aromatic heterocycles. The second-order valence-corrected chi connectivity index (χ2v) is 21.2. The van der Waals surface area contributed by atoms with Gasteiger partial charge < -0.3 is 9.64 Å². The number of benzene rings is 11. The molecule has 0 bridgehead atoms. The van der Waals surface area contributed by atoms with Crippen molar-refractivity contribution in [3.63, 3.8) is 0 Å². The maximum Gasteiger partial charge on any atom is 0.243 e. The van der Waals surface area contributed by atoms with Crippen molar-refractivity contribution in [2.45, 2.75) is 60.8 Å². The number of anilines is 3. The van der Waals surface area contributed by atoms with Crippen molar-refractivity contribution in [3.05, 3.63) is 239 Å². The molecular weight excluding hydrogens is 870 g/mol. The molecule has 1 aliphatic heterocycles. The van der Waals surface area contributed by atoms with Crippen molar-refractivity contribution in [1.29, 1.82) is 0 Å². The third kappa shape index (κ3) is 6.71. The molecule has 2 aliphatic rings. The average molecular weight is 926 g/mol. The predicted octanol–water partition coefficient (Wildman–Crippen LogP) is 16.7. The lowest BCUT2D eigenvalue weighted by atomic mass is 9.33. The maximum atomic E-state index is 7.19. The molecule has 1 aliphatic carbocycles. The first kappa shape index (κ1) is 43.9. The van der Waals surface area contributed by atoms with Crippen LogP contribution in [-0.4, -0.2) is 6.71 Å². The molecule has 0 N–H and O–H groups in total. The molecule has 0 unspecified atom stereocenters. The summed E-state index contributed by atoms with van der Waals surface area (Å²) >= 11 is 0. The molecule has 0 radical (unpaired) electrons. The normalized spacial score (nSPS) is 12.9. The molecule has 0 fully saturated rings. The van der Waals surface area contributed by atoms with Gasteiger partial charge >= 0.3 is 0 Å². The Labute approximate surface area is 424 Å². The lowest BCUT2D eigenvalue weighted by Gasteiger charge is -2.31. The highest BCUT2D eigenvalue weighted by Gasteiger charge is 2.37. The number of ether oxygens (including phenoxy) is 1. The van der Waals surface area contributed by atoms with Gasteiger partial charge in [0.1, 0.15) is 11.5 Å². The van der Waals surface area contributed by atoms with E-state index in [2.05, 4.69) is 254 Å². The average Bonchev–Trinajstić information content (AvgIpc) is 3.60. The molecule has 72 heavy (non-hydrogen) atoms. The van der Waals surface area contributed by atoms with Gasteiger partial charge in [-0.2, -0.15) is 0 Å². The zero-order chi connectivity index (χ0) is 49.2. The summed E-state index contributed by atoms with van der Waals surface area (Å²) < 4.78 is 7.19. The predicted molar refractivity (Wildman–Crippen MR) is 308 cm³/mol. The molecule has 0 amide bonds. The second-order valence-electron chi connectivity index (χ2n) is 21.2. The first-order valence-electron chi connectivity index (χ1n) is 25.5. The van der Waals surface area contributed by atoms with E-state index in [0.717, 1.165) is 45.1 Å². The molecular formula is C69H56BNO. The van der Waals surface area contributed by atoms with E-state index in [1.165, 1.54) is 110 Å². The van der Waals surface area contributed by atoms with Crippen molar-refractivity contribution in [2.24, 2.45) is 0 Å². The van der Waals surface area contributed by atoms with Gasteiger partial charge in [0.15, 0.2) is 0 Å². The number of hydrogen-bond donors (Lipinski definition) is 0. The van der Waals surface area contributed by atoms with Crippen LogP contribution in [0, 0.1) is 41.5 Å². The van der Waals surface area contributed by atoms with E-state index in [4.69, 9.17) is 4.74 Å². The number of nitrogens with zero attached hydrogens (tertiary/aromatic N) is 1. The molecule has 13 rings (SSSR count).